The molecule has 0 radical (unpaired) electrons. The Balaban J connectivity index is 2.52. The molecule has 1 aliphatic rings. The van der Waals surface area contributed by atoms with Crippen LogP contribution in [0, 0.1) is 11.8 Å². The van der Waals surface area contributed by atoms with E-state index in [1.807, 2.05) is 19.1 Å². The van der Waals surface area contributed by atoms with Gasteiger partial charge in [0.15, 0.2) is 0 Å². The Bertz CT molecular complexity index is 268. The van der Waals surface area contributed by atoms with Gasteiger partial charge in [-0.25, -0.2) is 0 Å². The molecule has 3 heteroatoms. The largest absolute Gasteiger partial charge is 0.481 e. The number of aliphatic carboxylic acids is 1. The van der Waals surface area contributed by atoms with Crippen LogP contribution in [-0.4, -0.2) is 16.9 Å². The Hall–Kier alpha value is -1.12. The van der Waals surface area contributed by atoms with Crippen LogP contribution in [0.5, 0.6) is 0 Å². The standard InChI is InChI=1S/C12H18O3/c1-2-3-4-5-10-9(8-12(14)15)6-7-11(10)13/h3-4,9-10H,2,5-8H2,1H3,(H,14,15)/b4-3+/t9-,10+/m1/s1. The molecular weight excluding hydrogens is 192 g/mol. The Labute approximate surface area is 90.2 Å². The van der Waals surface area contributed by atoms with E-state index in [0.717, 1.165) is 12.8 Å². The SMILES string of the molecule is CC/C=C/C[C@@H]1C(=O)CC[C@@H]1CC(=O)O. The number of hydrogen-bond acceptors (Lipinski definition) is 2. The predicted octanol–water partition coefficient (Wildman–Crippen LogP) is 2.41. The second kappa shape index (κ2) is 5.69. The molecule has 0 aliphatic heterocycles. The van der Waals surface area contributed by atoms with Gasteiger partial charge in [-0.15, -0.1) is 0 Å². The van der Waals surface area contributed by atoms with Gasteiger partial charge < -0.3 is 5.11 Å². The van der Waals surface area contributed by atoms with E-state index in [1.54, 1.807) is 0 Å². The first-order valence-corrected chi connectivity index (χ1v) is 5.54. The number of carbonyl (C=O) groups excluding carboxylic acids is 1. The molecule has 0 unspecified atom stereocenters. The van der Waals surface area contributed by atoms with Crippen molar-refractivity contribution in [2.24, 2.45) is 11.8 Å². The molecule has 0 aromatic carbocycles. The molecule has 3 nitrogen and oxygen atoms in total. The molecule has 1 aliphatic carbocycles. The van der Waals surface area contributed by atoms with Crippen molar-refractivity contribution in [1.82, 2.24) is 0 Å². The van der Waals surface area contributed by atoms with Crippen molar-refractivity contribution in [1.29, 1.82) is 0 Å². The van der Waals surface area contributed by atoms with Crippen LogP contribution in [0.4, 0.5) is 0 Å². The Morgan fingerprint density at radius 3 is 2.87 bits per heavy atom. The van der Waals surface area contributed by atoms with Gasteiger partial charge in [0.1, 0.15) is 5.78 Å². The van der Waals surface area contributed by atoms with Crippen LogP contribution in [0.1, 0.15) is 39.0 Å². The van der Waals surface area contributed by atoms with Gasteiger partial charge in [-0.1, -0.05) is 19.1 Å². The normalized spacial score (nSPS) is 26.3. The molecular formula is C12H18O3. The van der Waals surface area contributed by atoms with Crippen molar-refractivity contribution in [2.75, 3.05) is 0 Å². The van der Waals surface area contributed by atoms with E-state index in [9.17, 15) is 9.59 Å². The number of Topliss-reactive ketones (excluding diaryl/α,β-unsaturated/α-hetero) is 1. The summed E-state index contributed by atoms with van der Waals surface area (Å²) in [6, 6.07) is 0. The fraction of sp³-hybridized carbons (Fsp3) is 0.667. The van der Waals surface area contributed by atoms with E-state index in [0.29, 0.717) is 12.8 Å². The van der Waals surface area contributed by atoms with E-state index in [-0.39, 0.29) is 24.0 Å². The van der Waals surface area contributed by atoms with Crippen molar-refractivity contribution in [3.8, 4) is 0 Å². The lowest BCUT2D eigenvalue weighted by Crippen LogP contribution is -2.17. The molecule has 0 aromatic heterocycles. The minimum atomic E-state index is -0.792. The van der Waals surface area contributed by atoms with E-state index < -0.39 is 5.97 Å². The minimum absolute atomic E-state index is 0.0519. The van der Waals surface area contributed by atoms with E-state index >= 15 is 0 Å². The second-order valence-corrected chi connectivity index (χ2v) is 4.08. The number of hydrogen-bond donors (Lipinski definition) is 1. The van der Waals surface area contributed by atoms with E-state index in [2.05, 4.69) is 0 Å². The van der Waals surface area contributed by atoms with Crippen LogP contribution in [0.25, 0.3) is 0 Å². The van der Waals surface area contributed by atoms with Gasteiger partial charge in [-0.2, -0.15) is 0 Å². The lowest BCUT2D eigenvalue weighted by Gasteiger charge is -2.14. The summed E-state index contributed by atoms with van der Waals surface area (Å²) in [7, 11) is 0. The highest BCUT2D eigenvalue weighted by Crippen LogP contribution is 2.33. The van der Waals surface area contributed by atoms with Gasteiger partial charge in [-0.3, -0.25) is 9.59 Å². The molecule has 0 heterocycles. The smallest absolute Gasteiger partial charge is 0.303 e. The summed E-state index contributed by atoms with van der Waals surface area (Å²) in [5.74, 6) is -0.554. The molecule has 2 atom stereocenters. The summed E-state index contributed by atoms with van der Waals surface area (Å²) >= 11 is 0. The van der Waals surface area contributed by atoms with Gasteiger partial charge in [-0.05, 0) is 25.2 Å². The van der Waals surface area contributed by atoms with Crippen LogP contribution >= 0.6 is 0 Å². The third kappa shape index (κ3) is 3.50. The quantitative estimate of drug-likeness (QED) is 0.709. The van der Waals surface area contributed by atoms with Crippen molar-refractivity contribution in [3.63, 3.8) is 0 Å². The molecule has 0 saturated heterocycles. The second-order valence-electron chi connectivity index (χ2n) is 4.08. The summed E-state index contributed by atoms with van der Waals surface area (Å²) in [5, 5.41) is 8.72. The van der Waals surface area contributed by atoms with Gasteiger partial charge >= 0.3 is 5.97 Å². The lowest BCUT2D eigenvalue weighted by atomic mass is 9.89. The van der Waals surface area contributed by atoms with Crippen molar-refractivity contribution < 1.29 is 14.7 Å². The summed E-state index contributed by atoms with van der Waals surface area (Å²) in [6.45, 7) is 2.04. The number of carboxylic acids is 1. The highest BCUT2D eigenvalue weighted by molar-refractivity contribution is 5.84. The number of carboxylic acid groups (broad SMARTS) is 1. The van der Waals surface area contributed by atoms with E-state index in [4.69, 9.17) is 5.11 Å². The molecule has 1 rings (SSSR count). The molecule has 0 aromatic rings. The third-order valence-electron chi connectivity index (χ3n) is 2.97. The first kappa shape index (κ1) is 12.0. The molecule has 0 amide bonds. The van der Waals surface area contributed by atoms with E-state index in [1.165, 1.54) is 0 Å². The average Bonchev–Trinajstić information content (AvgIpc) is 2.49. The van der Waals surface area contributed by atoms with Crippen LogP contribution in [0.3, 0.4) is 0 Å². The number of allylic oxidation sites excluding steroid dienone is 2. The van der Waals surface area contributed by atoms with Gasteiger partial charge in [0.2, 0.25) is 0 Å². The van der Waals surface area contributed by atoms with Crippen LogP contribution < -0.4 is 0 Å². The third-order valence-corrected chi connectivity index (χ3v) is 2.97. The molecule has 1 N–H and O–H groups in total. The molecule has 1 fully saturated rings. The topological polar surface area (TPSA) is 54.4 Å². The average molecular weight is 210 g/mol. The molecule has 84 valence electrons. The number of rotatable bonds is 5. The van der Waals surface area contributed by atoms with Crippen molar-refractivity contribution in [3.05, 3.63) is 12.2 Å². The number of ketones is 1. The Kier molecular flexibility index (Phi) is 4.53. The molecule has 1 saturated carbocycles. The molecule has 0 spiro atoms. The maximum absolute atomic E-state index is 11.5. The maximum Gasteiger partial charge on any atom is 0.303 e. The van der Waals surface area contributed by atoms with Crippen molar-refractivity contribution >= 4 is 11.8 Å². The zero-order chi connectivity index (χ0) is 11.3. The van der Waals surface area contributed by atoms with Gasteiger partial charge in [0, 0.05) is 18.8 Å². The molecule has 0 bridgehead atoms. The minimum Gasteiger partial charge on any atom is -0.481 e. The first-order chi connectivity index (χ1) is 7.15. The Morgan fingerprint density at radius 2 is 2.27 bits per heavy atom. The lowest BCUT2D eigenvalue weighted by molar-refractivity contribution is -0.138. The van der Waals surface area contributed by atoms with Crippen LogP contribution in [-0.2, 0) is 9.59 Å². The predicted molar refractivity (Wildman–Crippen MR) is 57.5 cm³/mol. The zero-order valence-corrected chi connectivity index (χ0v) is 9.11. The van der Waals surface area contributed by atoms with Crippen LogP contribution in [0.15, 0.2) is 12.2 Å². The highest BCUT2D eigenvalue weighted by atomic mass is 16.4. The summed E-state index contributed by atoms with van der Waals surface area (Å²) < 4.78 is 0. The van der Waals surface area contributed by atoms with Gasteiger partial charge in [0.05, 0.1) is 0 Å². The highest BCUT2D eigenvalue weighted by Gasteiger charge is 2.34. The monoisotopic (exact) mass is 210 g/mol. The fourth-order valence-electron chi connectivity index (χ4n) is 2.18. The summed E-state index contributed by atoms with van der Waals surface area (Å²) in [4.78, 5) is 22.1. The zero-order valence-electron chi connectivity index (χ0n) is 9.11. The van der Waals surface area contributed by atoms with Crippen molar-refractivity contribution in [2.45, 2.75) is 39.0 Å². The summed E-state index contributed by atoms with van der Waals surface area (Å²) in [6.07, 6.45) is 7.15. The Morgan fingerprint density at radius 1 is 1.53 bits per heavy atom. The number of carbonyl (C=O) groups is 2. The fourth-order valence-corrected chi connectivity index (χ4v) is 2.18. The van der Waals surface area contributed by atoms with Gasteiger partial charge in [0.25, 0.3) is 0 Å². The summed E-state index contributed by atoms with van der Waals surface area (Å²) in [5.41, 5.74) is 0. The molecule has 15 heavy (non-hydrogen) atoms. The van der Waals surface area contributed by atoms with Crippen LogP contribution in [0.2, 0.25) is 0 Å². The first-order valence-electron chi connectivity index (χ1n) is 5.54. The maximum atomic E-state index is 11.5.